The highest BCUT2D eigenvalue weighted by Gasteiger charge is 2.63. The zero-order valence-electron chi connectivity index (χ0n) is 11.2. The fraction of sp³-hybridized carbons (Fsp3) is 0.867. The second-order valence-electron chi connectivity index (χ2n) is 6.44. The summed E-state index contributed by atoms with van der Waals surface area (Å²) < 4.78 is 5.74. The Bertz CT molecular complexity index is 413. The molecule has 0 heterocycles. The van der Waals surface area contributed by atoms with E-state index in [0.717, 1.165) is 31.6 Å². The number of esters is 1. The zero-order chi connectivity index (χ0) is 12.9. The monoisotopic (exact) mass is 247 g/mol. The van der Waals surface area contributed by atoms with Gasteiger partial charge in [-0.15, -0.1) is 0 Å². The number of nitriles is 1. The molecule has 0 saturated heterocycles. The lowest BCUT2D eigenvalue weighted by Crippen LogP contribution is -2.44. The van der Waals surface area contributed by atoms with E-state index in [9.17, 15) is 4.79 Å². The Balaban J connectivity index is 1.84. The van der Waals surface area contributed by atoms with Crippen molar-refractivity contribution in [3.05, 3.63) is 0 Å². The van der Waals surface area contributed by atoms with Gasteiger partial charge in [0.2, 0.25) is 0 Å². The largest absolute Gasteiger partial charge is 0.459 e. The Kier molecular flexibility index (Phi) is 2.66. The summed E-state index contributed by atoms with van der Waals surface area (Å²) in [6, 6.07) is 2.44. The zero-order valence-corrected chi connectivity index (χ0v) is 11.2. The summed E-state index contributed by atoms with van der Waals surface area (Å²) in [5.74, 6) is 2.67. The summed E-state index contributed by atoms with van der Waals surface area (Å²) in [6.07, 6.45) is 5.30. The van der Waals surface area contributed by atoms with Gasteiger partial charge in [-0.1, -0.05) is 6.92 Å². The van der Waals surface area contributed by atoms with Crippen molar-refractivity contribution in [2.45, 2.75) is 51.6 Å². The molecule has 3 heteroatoms. The Morgan fingerprint density at radius 2 is 2.11 bits per heavy atom. The second kappa shape index (κ2) is 3.98. The maximum atomic E-state index is 11.4. The van der Waals surface area contributed by atoms with Crippen molar-refractivity contribution >= 4 is 5.97 Å². The standard InChI is InChI=1S/C15H21NO2/c1-3-15(18-9(2)17)7-11-6-14(15)13-5-10(8-16)4-12(11)13/h10-14H,3-7H2,1-2H3. The van der Waals surface area contributed by atoms with Crippen LogP contribution < -0.4 is 0 Å². The van der Waals surface area contributed by atoms with Gasteiger partial charge in [0, 0.05) is 18.8 Å². The quantitative estimate of drug-likeness (QED) is 0.705. The van der Waals surface area contributed by atoms with Gasteiger partial charge in [0.15, 0.2) is 0 Å². The molecule has 2 bridgehead atoms. The van der Waals surface area contributed by atoms with Crippen molar-refractivity contribution < 1.29 is 9.53 Å². The van der Waals surface area contributed by atoms with Crippen LogP contribution in [0, 0.1) is 40.9 Å². The van der Waals surface area contributed by atoms with Gasteiger partial charge in [0.1, 0.15) is 5.60 Å². The number of nitrogens with zero attached hydrogens (tertiary/aromatic N) is 1. The Labute approximate surface area is 108 Å². The maximum Gasteiger partial charge on any atom is 0.303 e. The van der Waals surface area contributed by atoms with Crippen molar-refractivity contribution in [1.29, 1.82) is 5.26 Å². The molecule has 0 amide bonds. The predicted octanol–water partition coefficient (Wildman–Crippen LogP) is 2.90. The molecule has 3 aliphatic rings. The summed E-state index contributed by atoms with van der Waals surface area (Å²) >= 11 is 0. The third kappa shape index (κ3) is 1.51. The van der Waals surface area contributed by atoms with Crippen molar-refractivity contribution in [3.8, 4) is 6.07 Å². The summed E-state index contributed by atoms with van der Waals surface area (Å²) in [7, 11) is 0. The lowest BCUT2D eigenvalue weighted by Gasteiger charge is -2.41. The van der Waals surface area contributed by atoms with Crippen LogP contribution in [0.1, 0.15) is 46.0 Å². The Hall–Kier alpha value is -1.04. The summed E-state index contributed by atoms with van der Waals surface area (Å²) in [4.78, 5) is 11.4. The van der Waals surface area contributed by atoms with E-state index in [1.54, 1.807) is 0 Å². The number of rotatable bonds is 2. The number of fused-ring (bicyclic) bond motifs is 5. The summed E-state index contributed by atoms with van der Waals surface area (Å²) in [5, 5.41) is 9.11. The molecule has 6 atom stereocenters. The molecule has 0 N–H and O–H groups in total. The van der Waals surface area contributed by atoms with E-state index in [1.165, 1.54) is 13.3 Å². The molecule has 6 unspecified atom stereocenters. The van der Waals surface area contributed by atoms with Gasteiger partial charge >= 0.3 is 5.97 Å². The fourth-order valence-electron chi connectivity index (χ4n) is 5.21. The topological polar surface area (TPSA) is 50.1 Å². The van der Waals surface area contributed by atoms with Gasteiger partial charge in [0.05, 0.1) is 6.07 Å². The van der Waals surface area contributed by atoms with Crippen molar-refractivity contribution in [3.63, 3.8) is 0 Å². The number of hydrogen-bond donors (Lipinski definition) is 0. The molecule has 3 rings (SSSR count). The molecule has 0 aromatic heterocycles. The minimum atomic E-state index is -0.206. The predicted molar refractivity (Wildman–Crippen MR) is 66.3 cm³/mol. The molecular weight excluding hydrogens is 226 g/mol. The lowest BCUT2D eigenvalue weighted by molar-refractivity contribution is -0.167. The molecule has 18 heavy (non-hydrogen) atoms. The first-order chi connectivity index (χ1) is 8.59. The van der Waals surface area contributed by atoms with Crippen LogP contribution in [0.5, 0.6) is 0 Å². The van der Waals surface area contributed by atoms with E-state index in [2.05, 4.69) is 13.0 Å². The molecule has 98 valence electrons. The number of carbonyl (C=O) groups excluding carboxylic acids is 1. The lowest BCUT2D eigenvalue weighted by atomic mass is 9.71. The molecule has 3 fully saturated rings. The highest BCUT2D eigenvalue weighted by atomic mass is 16.6. The van der Waals surface area contributed by atoms with E-state index in [4.69, 9.17) is 10.00 Å². The van der Waals surface area contributed by atoms with Gasteiger partial charge in [-0.25, -0.2) is 0 Å². The Morgan fingerprint density at radius 3 is 2.72 bits per heavy atom. The molecule has 3 aliphatic carbocycles. The van der Waals surface area contributed by atoms with E-state index in [-0.39, 0.29) is 17.5 Å². The van der Waals surface area contributed by atoms with Crippen molar-refractivity contribution in [2.75, 3.05) is 0 Å². The molecule has 0 aromatic rings. The summed E-state index contributed by atoms with van der Waals surface area (Å²) in [5.41, 5.74) is -0.206. The minimum absolute atomic E-state index is 0.143. The van der Waals surface area contributed by atoms with Crippen LogP contribution in [-0.2, 0) is 9.53 Å². The highest BCUT2D eigenvalue weighted by molar-refractivity contribution is 5.66. The second-order valence-corrected chi connectivity index (χ2v) is 6.44. The SMILES string of the molecule is CCC1(OC(C)=O)CC2CC1C1CC(C#N)CC21. The van der Waals surface area contributed by atoms with Crippen LogP contribution in [0.15, 0.2) is 0 Å². The first-order valence-corrected chi connectivity index (χ1v) is 7.19. The molecule has 3 saturated carbocycles. The van der Waals surface area contributed by atoms with Crippen LogP contribution >= 0.6 is 0 Å². The summed E-state index contributed by atoms with van der Waals surface area (Å²) in [6.45, 7) is 3.66. The van der Waals surface area contributed by atoms with Crippen LogP contribution in [0.3, 0.4) is 0 Å². The van der Waals surface area contributed by atoms with E-state index < -0.39 is 0 Å². The number of hydrogen-bond acceptors (Lipinski definition) is 3. The Morgan fingerprint density at radius 1 is 1.39 bits per heavy atom. The number of ether oxygens (including phenoxy) is 1. The maximum absolute atomic E-state index is 11.4. The first kappa shape index (κ1) is 12.0. The normalized spacial score (nSPS) is 48.8. The van der Waals surface area contributed by atoms with Gasteiger partial charge in [-0.3, -0.25) is 4.79 Å². The highest BCUT2D eigenvalue weighted by Crippen LogP contribution is 2.65. The van der Waals surface area contributed by atoms with Gasteiger partial charge in [-0.2, -0.15) is 5.26 Å². The van der Waals surface area contributed by atoms with E-state index in [1.807, 2.05) is 0 Å². The molecule has 0 aromatic carbocycles. The number of carbonyl (C=O) groups is 1. The average Bonchev–Trinajstić information content (AvgIpc) is 2.96. The molecule has 0 aliphatic heterocycles. The van der Waals surface area contributed by atoms with Gasteiger partial charge < -0.3 is 4.74 Å². The fourth-order valence-corrected chi connectivity index (χ4v) is 5.21. The van der Waals surface area contributed by atoms with E-state index >= 15 is 0 Å². The average molecular weight is 247 g/mol. The molecule has 0 radical (unpaired) electrons. The van der Waals surface area contributed by atoms with Crippen LogP contribution in [0.2, 0.25) is 0 Å². The van der Waals surface area contributed by atoms with Crippen LogP contribution in [0.25, 0.3) is 0 Å². The molecule has 0 spiro atoms. The van der Waals surface area contributed by atoms with Crippen LogP contribution in [-0.4, -0.2) is 11.6 Å². The molecule has 3 nitrogen and oxygen atoms in total. The molecular formula is C15H21NO2. The van der Waals surface area contributed by atoms with Crippen LogP contribution in [0.4, 0.5) is 0 Å². The van der Waals surface area contributed by atoms with Gasteiger partial charge in [0.25, 0.3) is 0 Å². The van der Waals surface area contributed by atoms with Crippen molar-refractivity contribution in [2.24, 2.45) is 29.6 Å². The minimum Gasteiger partial charge on any atom is -0.459 e. The van der Waals surface area contributed by atoms with Gasteiger partial charge in [-0.05, 0) is 49.9 Å². The third-order valence-electron chi connectivity index (χ3n) is 5.75. The van der Waals surface area contributed by atoms with E-state index in [0.29, 0.717) is 17.8 Å². The first-order valence-electron chi connectivity index (χ1n) is 7.19. The smallest absolute Gasteiger partial charge is 0.303 e. The third-order valence-corrected chi connectivity index (χ3v) is 5.75. The van der Waals surface area contributed by atoms with Crippen molar-refractivity contribution in [1.82, 2.24) is 0 Å².